The van der Waals surface area contributed by atoms with Crippen molar-refractivity contribution in [3.05, 3.63) is 48.0 Å². The van der Waals surface area contributed by atoms with Gasteiger partial charge in [0.05, 0.1) is 47.6 Å². The van der Waals surface area contributed by atoms with Crippen molar-refractivity contribution in [1.82, 2.24) is 20.2 Å². The fourth-order valence-electron chi connectivity index (χ4n) is 3.14. The lowest BCUT2D eigenvalue weighted by atomic mass is 10.1. The van der Waals surface area contributed by atoms with E-state index in [0.29, 0.717) is 41.7 Å². The minimum Gasteiger partial charge on any atom is -0.477 e. The van der Waals surface area contributed by atoms with E-state index in [0.717, 1.165) is 5.56 Å². The number of pyridine rings is 2. The van der Waals surface area contributed by atoms with Crippen LogP contribution < -0.4 is 15.4 Å². The molecule has 3 aromatic rings. The zero-order chi connectivity index (χ0) is 23.1. The Morgan fingerprint density at radius 3 is 2.73 bits per heavy atom. The molecule has 0 aliphatic heterocycles. The summed E-state index contributed by atoms with van der Waals surface area (Å²) in [5.41, 5.74) is 3.04. The maximum Gasteiger partial charge on any atom is 0.244 e. The number of nitrogens with zero attached hydrogens (tertiary/aromatic N) is 3. The Morgan fingerprint density at radius 1 is 1.30 bits per heavy atom. The van der Waals surface area contributed by atoms with Crippen LogP contribution in [0.3, 0.4) is 0 Å². The van der Waals surface area contributed by atoms with Crippen molar-refractivity contribution in [3.63, 3.8) is 0 Å². The number of hydrogen-bond donors (Lipinski definition) is 4. The lowest BCUT2D eigenvalue weighted by Crippen LogP contribution is -2.19. The molecule has 33 heavy (non-hydrogen) atoms. The molecule has 0 spiro atoms. The summed E-state index contributed by atoms with van der Waals surface area (Å²) in [5.74, 6) is 0.388. The maximum absolute atomic E-state index is 13.1. The van der Waals surface area contributed by atoms with Gasteiger partial charge in [-0.25, -0.2) is 18.7 Å². The molecular weight excluding hydrogens is 428 g/mol. The third kappa shape index (κ3) is 6.71. The van der Waals surface area contributed by atoms with Crippen molar-refractivity contribution in [2.75, 3.05) is 17.2 Å². The van der Waals surface area contributed by atoms with E-state index in [2.05, 4.69) is 30.8 Å². The highest BCUT2D eigenvalue weighted by Gasteiger charge is 2.22. The first-order valence-electron chi connectivity index (χ1n) is 10.4. The Morgan fingerprint density at radius 2 is 2.09 bits per heavy atom. The van der Waals surface area contributed by atoms with Gasteiger partial charge in [-0.05, 0) is 39.0 Å². The highest BCUT2D eigenvalue weighted by Crippen LogP contribution is 2.35. The van der Waals surface area contributed by atoms with Crippen LogP contribution in [0.4, 0.5) is 20.2 Å². The number of alkyl halides is 2. The van der Waals surface area contributed by atoms with Gasteiger partial charge in [0.25, 0.3) is 0 Å². The van der Waals surface area contributed by atoms with Crippen LogP contribution in [-0.4, -0.2) is 45.0 Å². The lowest BCUT2D eigenvalue weighted by molar-refractivity contribution is 0.157. The Balaban J connectivity index is 0.00000385. The Labute approximate surface area is 192 Å². The molecule has 0 fully saturated rings. The molecule has 0 atom stereocenters. The van der Waals surface area contributed by atoms with E-state index in [-0.39, 0.29) is 24.9 Å². The number of rotatable bonds is 11. The number of aromatic amines is 1. The number of anilines is 2. The predicted octanol–water partition coefficient (Wildman–Crippen LogP) is 5.36. The summed E-state index contributed by atoms with van der Waals surface area (Å²) < 4.78 is 31.9. The maximum atomic E-state index is 13.1. The minimum atomic E-state index is -2.65. The van der Waals surface area contributed by atoms with Crippen molar-refractivity contribution in [2.24, 2.45) is 0 Å². The molecular formula is C23H31F2N7O. The number of hydrogen-bond acceptors (Lipinski definition) is 7. The van der Waals surface area contributed by atoms with E-state index < -0.39 is 12.8 Å². The lowest BCUT2D eigenvalue weighted by Gasteiger charge is -2.21. The van der Waals surface area contributed by atoms with Crippen LogP contribution in [0.5, 0.6) is 5.88 Å². The van der Waals surface area contributed by atoms with Crippen LogP contribution in [0.1, 0.15) is 45.9 Å². The molecule has 0 bridgehead atoms. The zero-order valence-electron chi connectivity index (χ0n) is 18.2. The van der Waals surface area contributed by atoms with Crippen molar-refractivity contribution in [2.45, 2.75) is 53.6 Å². The molecule has 8 nitrogen and oxygen atoms in total. The molecule has 3 rings (SSSR count). The van der Waals surface area contributed by atoms with Gasteiger partial charge in [-0.3, -0.25) is 5.10 Å². The highest BCUT2D eigenvalue weighted by atomic mass is 19.3. The van der Waals surface area contributed by atoms with Gasteiger partial charge in [-0.1, -0.05) is 7.43 Å². The van der Waals surface area contributed by atoms with E-state index in [1.54, 1.807) is 30.7 Å². The number of aromatic nitrogens is 4. The average Bonchev–Trinajstić information content (AvgIpc) is 3.26. The quantitative estimate of drug-likeness (QED) is 0.287. The Hall–Kier alpha value is -3.56. The van der Waals surface area contributed by atoms with E-state index in [1.807, 2.05) is 26.8 Å². The average molecular weight is 460 g/mol. The molecule has 0 aliphatic rings. The summed E-state index contributed by atoms with van der Waals surface area (Å²) in [6, 6.07) is 5.36. The number of H-pyrrole nitrogens is 1. The molecule has 0 amide bonds. The van der Waals surface area contributed by atoms with E-state index in [1.165, 1.54) is 0 Å². The SMILES string of the molecule is C.CCOc1ncccc1-c1cc(NCc2cn[nH]c2)c(NC(C)C)c(C(=N)CC(F)F)n1. The molecule has 3 heterocycles. The van der Waals surface area contributed by atoms with Crippen molar-refractivity contribution < 1.29 is 13.5 Å². The second-order valence-electron chi connectivity index (χ2n) is 7.40. The van der Waals surface area contributed by atoms with Crippen LogP contribution in [0.25, 0.3) is 11.3 Å². The van der Waals surface area contributed by atoms with Crippen molar-refractivity contribution in [3.8, 4) is 17.1 Å². The van der Waals surface area contributed by atoms with Gasteiger partial charge >= 0.3 is 0 Å². The van der Waals surface area contributed by atoms with Gasteiger partial charge in [0, 0.05) is 30.5 Å². The third-order valence-electron chi connectivity index (χ3n) is 4.46. The summed E-state index contributed by atoms with van der Waals surface area (Å²) in [4.78, 5) is 8.87. The molecule has 3 aromatic heterocycles. The van der Waals surface area contributed by atoms with Crippen LogP contribution in [0.15, 0.2) is 36.8 Å². The number of halogens is 2. The standard InChI is InChI=1S/C22H27F2N7O.CH4/c1-4-32-22-15(6-5-7-26-22)17-9-18(27-10-14-11-28-29-12-14)21(30-13(2)3)20(31-17)16(25)8-19(23)24;/h5-7,9,11-13,19,25,30H,4,8,10H2,1-3H3,(H,27,31)(H,28,29);1H4. The summed E-state index contributed by atoms with van der Waals surface area (Å²) in [6.45, 7) is 6.57. The van der Waals surface area contributed by atoms with E-state index >= 15 is 0 Å². The Kier molecular flexibility index (Phi) is 9.26. The fourth-order valence-corrected chi connectivity index (χ4v) is 3.14. The van der Waals surface area contributed by atoms with Crippen LogP contribution in [0, 0.1) is 5.41 Å². The predicted molar refractivity (Wildman–Crippen MR) is 127 cm³/mol. The summed E-state index contributed by atoms with van der Waals surface area (Å²) in [5, 5.41) is 21.6. The molecule has 0 unspecified atom stereocenters. The molecule has 0 radical (unpaired) electrons. The first kappa shape index (κ1) is 25.7. The minimum absolute atomic E-state index is 0. The van der Waals surface area contributed by atoms with Gasteiger partial charge in [0.15, 0.2) is 0 Å². The Bertz CT molecular complexity index is 1040. The molecule has 0 aliphatic carbocycles. The van der Waals surface area contributed by atoms with Crippen LogP contribution in [0.2, 0.25) is 0 Å². The van der Waals surface area contributed by atoms with Gasteiger partial charge in [0.2, 0.25) is 12.3 Å². The van der Waals surface area contributed by atoms with Gasteiger partial charge in [0.1, 0.15) is 5.69 Å². The van der Waals surface area contributed by atoms with Gasteiger partial charge in [-0.2, -0.15) is 5.10 Å². The van der Waals surface area contributed by atoms with E-state index in [9.17, 15) is 8.78 Å². The van der Waals surface area contributed by atoms with E-state index in [4.69, 9.17) is 10.1 Å². The summed E-state index contributed by atoms with van der Waals surface area (Å²) >= 11 is 0. The third-order valence-corrected chi connectivity index (χ3v) is 4.46. The monoisotopic (exact) mass is 459 g/mol. The van der Waals surface area contributed by atoms with Crippen molar-refractivity contribution in [1.29, 1.82) is 5.41 Å². The number of nitrogens with one attached hydrogen (secondary N) is 4. The first-order valence-corrected chi connectivity index (χ1v) is 10.4. The van der Waals surface area contributed by atoms with Gasteiger partial charge < -0.3 is 20.8 Å². The molecule has 10 heteroatoms. The fraction of sp³-hybridized carbons (Fsp3) is 0.391. The molecule has 0 aromatic carbocycles. The second-order valence-corrected chi connectivity index (χ2v) is 7.40. The summed E-state index contributed by atoms with van der Waals surface area (Å²) in [6.07, 6.45) is 1.72. The summed E-state index contributed by atoms with van der Waals surface area (Å²) in [7, 11) is 0. The normalized spacial score (nSPS) is 10.8. The highest BCUT2D eigenvalue weighted by molar-refractivity contribution is 6.04. The van der Waals surface area contributed by atoms with Gasteiger partial charge in [-0.15, -0.1) is 0 Å². The second kappa shape index (κ2) is 11.9. The van der Waals surface area contributed by atoms with Crippen LogP contribution >= 0.6 is 0 Å². The van der Waals surface area contributed by atoms with Crippen LogP contribution in [-0.2, 0) is 6.54 Å². The zero-order valence-corrected chi connectivity index (χ0v) is 18.2. The molecule has 178 valence electrons. The van der Waals surface area contributed by atoms with Crippen molar-refractivity contribution >= 4 is 17.1 Å². The molecule has 0 saturated heterocycles. The topological polar surface area (TPSA) is 112 Å². The number of ether oxygens (including phenoxy) is 1. The largest absolute Gasteiger partial charge is 0.477 e. The first-order chi connectivity index (χ1) is 15.4. The smallest absolute Gasteiger partial charge is 0.244 e. The molecule has 0 saturated carbocycles. The molecule has 4 N–H and O–H groups in total.